The van der Waals surface area contributed by atoms with E-state index in [1.807, 2.05) is 34.9 Å². The maximum Gasteiger partial charge on any atom is 0.0736 e. The van der Waals surface area contributed by atoms with Crippen LogP contribution in [0.5, 0.6) is 0 Å². The molecular formula is C62H37NS3. The van der Waals surface area contributed by atoms with Gasteiger partial charge in [0.25, 0.3) is 0 Å². The maximum absolute atomic E-state index is 2.53. The topological polar surface area (TPSA) is 3.24 Å². The van der Waals surface area contributed by atoms with Crippen molar-refractivity contribution in [1.82, 2.24) is 0 Å². The van der Waals surface area contributed by atoms with Gasteiger partial charge in [0.2, 0.25) is 0 Å². The van der Waals surface area contributed by atoms with E-state index in [4.69, 9.17) is 0 Å². The van der Waals surface area contributed by atoms with E-state index in [1.165, 1.54) is 107 Å². The lowest BCUT2D eigenvalue weighted by molar-refractivity contribution is 0.722. The zero-order chi connectivity index (χ0) is 43.1. The molecule has 66 heavy (non-hydrogen) atoms. The third-order valence-corrected chi connectivity index (χ3v) is 18.3. The Hall–Kier alpha value is -7.08. The van der Waals surface area contributed by atoms with Gasteiger partial charge in [-0.1, -0.05) is 175 Å². The summed E-state index contributed by atoms with van der Waals surface area (Å²) in [6, 6.07) is 85.3. The number of nitrogens with zero attached hydrogens (tertiary/aromatic N) is 1. The van der Waals surface area contributed by atoms with Gasteiger partial charge in [-0.15, -0.1) is 11.3 Å². The van der Waals surface area contributed by atoms with Crippen LogP contribution in [0.2, 0.25) is 0 Å². The molecule has 0 amide bonds. The van der Waals surface area contributed by atoms with Crippen LogP contribution >= 0.6 is 34.9 Å². The van der Waals surface area contributed by atoms with Gasteiger partial charge in [0, 0.05) is 56.8 Å². The number of rotatable bonds is 3. The van der Waals surface area contributed by atoms with Crippen molar-refractivity contribution in [3.05, 3.63) is 269 Å². The molecule has 10 aromatic carbocycles. The predicted octanol–water partition coefficient (Wildman–Crippen LogP) is 17.2. The van der Waals surface area contributed by atoms with Crippen LogP contribution in [-0.4, -0.2) is 0 Å². The van der Waals surface area contributed by atoms with Crippen molar-refractivity contribution >= 4 is 72.1 Å². The van der Waals surface area contributed by atoms with Gasteiger partial charge in [-0.05, 0) is 140 Å². The molecule has 15 rings (SSSR count). The van der Waals surface area contributed by atoms with Gasteiger partial charge in [-0.2, -0.15) is 0 Å². The van der Waals surface area contributed by atoms with Crippen LogP contribution in [0, 0.1) is 0 Å². The molecule has 0 N–H and O–H groups in total. The summed E-state index contributed by atoms with van der Waals surface area (Å²) in [5, 5.41) is 2.58. The highest BCUT2D eigenvalue weighted by atomic mass is 32.2. The highest BCUT2D eigenvalue weighted by Crippen LogP contribution is 2.65. The number of benzene rings is 10. The smallest absolute Gasteiger partial charge is 0.0736 e. The lowest BCUT2D eigenvalue weighted by Crippen LogP contribution is -2.32. The molecule has 0 atom stereocenters. The maximum atomic E-state index is 2.53. The van der Waals surface area contributed by atoms with Crippen LogP contribution in [0.4, 0.5) is 17.1 Å². The molecule has 2 aliphatic heterocycles. The largest absolute Gasteiger partial charge is 0.310 e. The number of fused-ring (bicyclic) bond motifs is 21. The summed E-state index contributed by atoms with van der Waals surface area (Å²) < 4.78 is 2.61. The number of anilines is 3. The minimum absolute atomic E-state index is 0.437. The van der Waals surface area contributed by atoms with Crippen LogP contribution in [0.15, 0.2) is 244 Å². The number of hydrogen-bond donors (Lipinski definition) is 0. The van der Waals surface area contributed by atoms with E-state index < -0.39 is 10.8 Å². The highest BCUT2D eigenvalue weighted by molar-refractivity contribution is 7.99. The van der Waals surface area contributed by atoms with E-state index in [2.05, 4.69) is 229 Å². The van der Waals surface area contributed by atoms with Crippen molar-refractivity contribution < 1.29 is 0 Å². The molecule has 2 aliphatic carbocycles. The molecule has 3 heterocycles. The molecular weight excluding hydrogens is 855 g/mol. The van der Waals surface area contributed by atoms with E-state index in [-0.39, 0.29) is 0 Å². The first kappa shape index (κ1) is 37.2. The second-order valence-corrected chi connectivity index (χ2v) is 21.1. The van der Waals surface area contributed by atoms with Gasteiger partial charge in [-0.3, -0.25) is 0 Å². The molecule has 0 unspecified atom stereocenters. The van der Waals surface area contributed by atoms with Gasteiger partial charge < -0.3 is 4.90 Å². The van der Waals surface area contributed by atoms with E-state index in [1.54, 1.807) is 0 Å². The monoisotopic (exact) mass is 891 g/mol. The molecule has 4 heteroatoms. The first-order valence-electron chi connectivity index (χ1n) is 22.7. The van der Waals surface area contributed by atoms with E-state index in [0.717, 1.165) is 17.1 Å². The highest BCUT2D eigenvalue weighted by Gasteiger charge is 2.52. The minimum Gasteiger partial charge on any atom is -0.310 e. The second-order valence-electron chi connectivity index (χ2n) is 17.9. The molecule has 0 fully saturated rings. The summed E-state index contributed by atoms with van der Waals surface area (Å²) in [5.41, 5.74) is 18.4. The Morgan fingerprint density at radius 3 is 1.30 bits per heavy atom. The average Bonchev–Trinajstić information content (AvgIpc) is 3.99. The Morgan fingerprint density at radius 2 is 0.682 bits per heavy atom. The summed E-state index contributed by atoms with van der Waals surface area (Å²) in [4.78, 5) is 7.79. The Morgan fingerprint density at radius 1 is 0.273 bits per heavy atom. The fourth-order valence-corrected chi connectivity index (χ4v) is 15.7. The van der Waals surface area contributed by atoms with E-state index >= 15 is 0 Å². The Bertz CT molecular complexity index is 3790. The SMILES string of the molecule is c1ccc2c(c1)Sc1ccccc1C21c2ccccc2-c2cc(N(c3ccc4c(c3)C3(c5ccccc5Sc5ccccc53)c3ccccc3-4)c3ccc4sc5ccccc5c4c3)ccc21. The Labute approximate surface area is 396 Å². The van der Waals surface area contributed by atoms with Crippen molar-refractivity contribution in [2.24, 2.45) is 0 Å². The lowest BCUT2D eigenvalue weighted by Gasteiger charge is -2.40. The molecule has 1 nitrogen and oxygen atoms in total. The number of hydrogen-bond acceptors (Lipinski definition) is 4. The normalized spacial score (nSPS) is 14.8. The second kappa shape index (κ2) is 13.7. The van der Waals surface area contributed by atoms with Crippen LogP contribution in [0.1, 0.15) is 44.5 Å². The molecule has 0 radical (unpaired) electrons. The average molecular weight is 892 g/mol. The molecule has 1 aromatic heterocycles. The quantitative estimate of drug-likeness (QED) is 0.174. The lowest BCUT2D eigenvalue weighted by atomic mass is 9.67. The summed E-state index contributed by atoms with van der Waals surface area (Å²) in [6.45, 7) is 0. The summed E-state index contributed by atoms with van der Waals surface area (Å²) in [7, 11) is 0. The Kier molecular flexibility index (Phi) is 7.73. The molecule has 11 aromatic rings. The molecule has 0 saturated carbocycles. The van der Waals surface area contributed by atoms with Gasteiger partial charge in [0.05, 0.1) is 10.8 Å². The molecule has 308 valence electrons. The summed E-state index contributed by atoms with van der Waals surface area (Å²) in [5.74, 6) is 0. The molecule has 0 saturated heterocycles. The molecule has 4 aliphatic rings. The first-order chi connectivity index (χ1) is 32.7. The van der Waals surface area contributed by atoms with Gasteiger partial charge in [0.15, 0.2) is 0 Å². The standard InChI is InChI=1S/C62H37NS3/c1-4-18-47-41(15-1)43-32-29-40(37-54(43)62(47)52-22-8-13-27-59(52)66-60-28-14-9-23-53(60)62)63(39-31-34-56-46(36-39)44-17-3-10-24-55(44)64-56)38-30-33-49-45(35-38)42-16-2-5-19-48(42)61(49)50-20-6-11-25-57(50)65-58-26-12-7-21-51(58)61/h1-37H. The van der Waals surface area contributed by atoms with Crippen LogP contribution in [-0.2, 0) is 10.8 Å². The van der Waals surface area contributed by atoms with Crippen LogP contribution in [0.25, 0.3) is 42.4 Å². The summed E-state index contributed by atoms with van der Waals surface area (Å²) in [6.07, 6.45) is 0. The van der Waals surface area contributed by atoms with Crippen LogP contribution in [0.3, 0.4) is 0 Å². The molecule has 0 bridgehead atoms. The van der Waals surface area contributed by atoms with E-state index in [0.29, 0.717) is 0 Å². The summed E-state index contributed by atoms with van der Waals surface area (Å²) >= 11 is 5.66. The predicted molar refractivity (Wildman–Crippen MR) is 277 cm³/mol. The van der Waals surface area contributed by atoms with Crippen LogP contribution < -0.4 is 4.90 Å². The van der Waals surface area contributed by atoms with Gasteiger partial charge in [-0.25, -0.2) is 0 Å². The molecule has 2 spiro atoms. The Balaban J connectivity index is 1.01. The third-order valence-electron chi connectivity index (χ3n) is 14.8. The van der Waals surface area contributed by atoms with Crippen molar-refractivity contribution in [1.29, 1.82) is 0 Å². The van der Waals surface area contributed by atoms with E-state index in [9.17, 15) is 0 Å². The van der Waals surface area contributed by atoms with Gasteiger partial charge in [0.1, 0.15) is 0 Å². The minimum atomic E-state index is -0.484. The first-order valence-corrected chi connectivity index (χ1v) is 25.1. The number of thiophene rings is 1. The fourth-order valence-electron chi connectivity index (χ4n) is 12.3. The van der Waals surface area contributed by atoms with Crippen molar-refractivity contribution in [2.75, 3.05) is 4.90 Å². The zero-order valence-electron chi connectivity index (χ0n) is 35.5. The van der Waals surface area contributed by atoms with Crippen molar-refractivity contribution in [3.63, 3.8) is 0 Å². The van der Waals surface area contributed by atoms with Gasteiger partial charge >= 0.3 is 0 Å². The third kappa shape index (κ3) is 4.78. The van der Waals surface area contributed by atoms with Crippen molar-refractivity contribution in [3.8, 4) is 22.3 Å². The zero-order valence-corrected chi connectivity index (χ0v) is 38.0. The fraction of sp³-hybridized carbons (Fsp3) is 0.0323. The van der Waals surface area contributed by atoms with Crippen molar-refractivity contribution in [2.45, 2.75) is 30.4 Å².